The summed E-state index contributed by atoms with van der Waals surface area (Å²) in [6, 6.07) is 11.9. The molecule has 0 saturated carbocycles. The van der Waals surface area contributed by atoms with Crippen molar-refractivity contribution in [1.29, 1.82) is 0 Å². The standard InChI is InChI=1S/C15H14BrCl2N/c1-9-7-10(3-6-13(9)16)15(19-2)12-5-4-11(17)8-14(12)18/h3-8,15,19H,1-2H3. The Morgan fingerprint density at radius 3 is 2.42 bits per heavy atom. The Balaban J connectivity index is 2.46. The van der Waals surface area contributed by atoms with Crippen molar-refractivity contribution in [2.45, 2.75) is 13.0 Å². The van der Waals surface area contributed by atoms with Crippen LogP contribution in [0.25, 0.3) is 0 Å². The third-order valence-corrected chi connectivity index (χ3v) is 4.53. The van der Waals surface area contributed by atoms with Crippen molar-refractivity contribution in [2.75, 3.05) is 7.05 Å². The molecule has 0 aliphatic carbocycles. The van der Waals surface area contributed by atoms with Gasteiger partial charge >= 0.3 is 0 Å². The molecule has 2 aromatic carbocycles. The van der Waals surface area contributed by atoms with Gasteiger partial charge in [0.2, 0.25) is 0 Å². The minimum Gasteiger partial charge on any atom is -0.309 e. The second kappa shape index (κ2) is 6.27. The molecule has 0 bridgehead atoms. The summed E-state index contributed by atoms with van der Waals surface area (Å²) in [7, 11) is 1.92. The van der Waals surface area contributed by atoms with Crippen molar-refractivity contribution in [3.8, 4) is 0 Å². The Hall–Kier alpha value is -0.540. The topological polar surface area (TPSA) is 12.0 Å². The van der Waals surface area contributed by atoms with Crippen LogP contribution >= 0.6 is 39.1 Å². The van der Waals surface area contributed by atoms with Gasteiger partial charge in [0.1, 0.15) is 0 Å². The molecule has 0 aliphatic rings. The van der Waals surface area contributed by atoms with Gasteiger partial charge in [-0.1, -0.05) is 57.3 Å². The Morgan fingerprint density at radius 2 is 1.84 bits per heavy atom. The number of hydrogen-bond donors (Lipinski definition) is 1. The lowest BCUT2D eigenvalue weighted by Crippen LogP contribution is -2.18. The van der Waals surface area contributed by atoms with E-state index in [0.29, 0.717) is 10.0 Å². The first-order chi connectivity index (χ1) is 9.02. The summed E-state index contributed by atoms with van der Waals surface area (Å²) in [5, 5.41) is 4.62. The summed E-state index contributed by atoms with van der Waals surface area (Å²) in [4.78, 5) is 0. The van der Waals surface area contributed by atoms with E-state index in [9.17, 15) is 0 Å². The molecule has 4 heteroatoms. The summed E-state index contributed by atoms with van der Waals surface area (Å²) >= 11 is 15.8. The van der Waals surface area contributed by atoms with Gasteiger partial charge in [-0.2, -0.15) is 0 Å². The van der Waals surface area contributed by atoms with Crippen LogP contribution in [-0.4, -0.2) is 7.05 Å². The van der Waals surface area contributed by atoms with Gasteiger partial charge in [-0.25, -0.2) is 0 Å². The van der Waals surface area contributed by atoms with Gasteiger partial charge in [0, 0.05) is 14.5 Å². The van der Waals surface area contributed by atoms with Crippen LogP contribution in [0, 0.1) is 6.92 Å². The molecular formula is C15H14BrCl2N. The average Bonchev–Trinajstić information content (AvgIpc) is 2.37. The van der Waals surface area contributed by atoms with Crippen LogP contribution in [0.5, 0.6) is 0 Å². The fourth-order valence-electron chi connectivity index (χ4n) is 2.08. The lowest BCUT2D eigenvalue weighted by atomic mass is 9.97. The fourth-order valence-corrected chi connectivity index (χ4v) is 2.85. The van der Waals surface area contributed by atoms with Crippen molar-refractivity contribution in [2.24, 2.45) is 0 Å². The van der Waals surface area contributed by atoms with Crippen molar-refractivity contribution in [3.63, 3.8) is 0 Å². The normalized spacial score (nSPS) is 12.5. The minimum atomic E-state index is 0.0524. The maximum Gasteiger partial charge on any atom is 0.0589 e. The lowest BCUT2D eigenvalue weighted by Gasteiger charge is -2.19. The number of nitrogens with one attached hydrogen (secondary N) is 1. The molecule has 0 amide bonds. The van der Waals surface area contributed by atoms with Crippen molar-refractivity contribution >= 4 is 39.1 Å². The Labute approximate surface area is 132 Å². The highest BCUT2D eigenvalue weighted by Crippen LogP contribution is 2.31. The molecular weight excluding hydrogens is 345 g/mol. The summed E-state index contributed by atoms with van der Waals surface area (Å²) < 4.78 is 1.10. The molecule has 0 spiro atoms. The smallest absolute Gasteiger partial charge is 0.0589 e. The van der Waals surface area contributed by atoms with Crippen molar-refractivity contribution in [3.05, 3.63) is 67.6 Å². The van der Waals surface area contributed by atoms with E-state index in [1.807, 2.05) is 19.2 Å². The van der Waals surface area contributed by atoms with Crippen LogP contribution in [0.1, 0.15) is 22.7 Å². The van der Waals surface area contributed by atoms with Gasteiger partial charge < -0.3 is 5.32 Å². The van der Waals surface area contributed by atoms with E-state index in [1.165, 1.54) is 11.1 Å². The number of aryl methyl sites for hydroxylation is 1. The van der Waals surface area contributed by atoms with E-state index in [-0.39, 0.29) is 6.04 Å². The maximum atomic E-state index is 6.29. The highest BCUT2D eigenvalue weighted by molar-refractivity contribution is 9.10. The van der Waals surface area contributed by atoms with E-state index in [2.05, 4.69) is 46.4 Å². The van der Waals surface area contributed by atoms with Crippen LogP contribution in [0.15, 0.2) is 40.9 Å². The average molecular weight is 359 g/mol. The van der Waals surface area contributed by atoms with E-state index in [4.69, 9.17) is 23.2 Å². The van der Waals surface area contributed by atoms with E-state index in [1.54, 1.807) is 6.07 Å². The van der Waals surface area contributed by atoms with Crippen LogP contribution < -0.4 is 5.32 Å². The molecule has 1 nitrogen and oxygen atoms in total. The van der Waals surface area contributed by atoms with Gasteiger partial charge in [-0.3, -0.25) is 0 Å². The van der Waals surface area contributed by atoms with Gasteiger partial charge in [-0.15, -0.1) is 0 Å². The fraction of sp³-hybridized carbons (Fsp3) is 0.200. The quantitative estimate of drug-likeness (QED) is 0.777. The van der Waals surface area contributed by atoms with Gasteiger partial charge in [0.15, 0.2) is 0 Å². The summed E-state index contributed by atoms with van der Waals surface area (Å²) in [6.45, 7) is 2.07. The molecule has 1 N–H and O–H groups in total. The summed E-state index contributed by atoms with van der Waals surface area (Å²) in [5.74, 6) is 0. The molecule has 0 aliphatic heterocycles. The molecule has 100 valence electrons. The zero-order chi connectivity index (χ0) is 14.0. The molecule has 0 heterocycles. The third kappa shape index (κ3) is 3.32. The SMILES string of the molecule is CNC(c1ccc(Br)c(C)c1)c1ccc(Cl)cc1Cl. The predicted molar refractivity (Wildman–Crippen MR) is 86.2 cm³/mol. The first-order valence-electron chi connectivity index (χ1n) is 5.91. The third-order valence-electron chi connectivity index (χ3n) is 3.08. The lowest BCUT2D eigenvalue weighted by molar-refractivity contribution is 0.691. The van der Waals surface area contributed by atoms with E-state index < -0.39 is 0 Å². The Kier molecular flexibility index (Phi) is 4.91. The highest BCUT2D eigenvalue weighted by Gasteiger charge is 2.16. The molecule has 2 aromatic rings. The largest absolute Gasteiger partial charge is 0.309 e. The zero-order valence-electron chi connectivity index (χ0n) is 10.7. The second-order valence-electron chi connectivity index (χ2n) is 4.40. The molecule has 1 atom stereocenters. The van der Waals surface area contributed by atoms with Crippen molar-refractivity contribution < 1.29 is 0 Å². The monoisotopic (exact) mass is 357 g/mol. The second-order valence-corrected chi connectivity index (χ2v) is 6.09. The number of rotatable bonds is 3. The molecule has 2 rings (SSSR count). The molecule has 0 fully saturated rings. The number of benzene rings is 2. The van der Waals surface area contributed by atoms with Crippen LogP contribution in [0.4, 0.5) is 0 Å². The highest BCUT2D eigenvalue weighted by atomic mass is 79.9. The zero-order valence-corrected chi connectivity index (χ0v) is 13.8. The molecule has 19 heavy (non-hydrogen) atoms. The Morgan fingerprint density at radius 1 is 1.11 bits per heavy atom. The molecule has 0 saturated heterocycles. The Bertz CT molecular complexity index is 599. The molecule has 1 unspecified atom stereocenters. The minimum absolute atomic E-state index is 0.0524. The first-order valence-corrected chi connectivity index (χ1v) is 7.46. The van der Waals surface area contributed by atoms with Gasteiger partial charge in [-0.05, 0) is 48.9 Å². The van der Waals surface area contributed by atoms with Crippen LogP contribution in [0.2, 0.25) is 10.0 Å². The van der Waals surface area contributed by atoms with Gasteiger partial charge in [0.05, 0.1) is 6.04 Å². The van der Waals surface area contributed by atoms with Gasteiger partial charge in [0.25, 0.3) is 0 Å². The van der Waals surface area contributed by atoms with Crippen molar-refractivity contribution in [1.82, 2.24) is 5.32 Å². The molecule has 0 radical (unpaired) electrons. The summed E-state index contributed by atoms with van der Waals surface area (Å²) in [5.41, 5.74) is 3.39. The van der Waals surface area contributed by atoms with Crippen LogP contribution in [-0.2, 0) is 0 Å². The number of halogens is 3. The van der Waals surface area contributed by atoms with Crippen LogP contribution in [0.3, 0.4) is 0 Å². The maximum absolute atomic E-state index is 6.29. The first kappa shape index (κ1) is 14.9. The number of hydrogen-bond acceptors (Lipinski definition) is 1. The predicted octanol–water partition coefficient (Wildman–Crippen LogP) is 5.37. The van der Waals surface area contributed by atoms with E-state index >= 15 is 0 Å². The summed E-state index contributed by atoms with van der Waals surface area (Å²) in [6.07, 6.45) is 0. The molecule has 0 aromatic heterocycles. The van der Waals surface area contributed by atoms with E-state index in [0.717, 1.165) is 10.0 Å².